The van der Waals surface area contributed by atoms with Crippen LogP contribution in [-0.2, 0) is 11.3 Å². The number of amides is 1. The molecule has 0 aromatic heterocycles. The van der Waals surface area contributed by atoms with E-state index in [9.17, 15) is 9.18 Å². The van der Waals surface area contributed by atoms with Crippen LogP contribution in [0.4, 0.5) is 4.39 Å². The number of carbonyl (C=O) groups is 1. The van der Waals surface area contributed by atoms with Crippen LogP contribution in [0.1, 0.15) is 18.1 Å². The van der Waals surface area contributed by atoms with Crippen molar-refractivity contribution in [1.29, 1.82) is 0 Å². The zero-order valence-corrected chi connectivity index (χ0v) is 10.8. The minimum atomic E-state index is -0.492. The lowest BCUT2D eigenvalue weighted by molar-refractivity contribution is -0.122. The average Bonchev–Trinajstić information content (AvgIpc) is 2.42. The van der Waals surface area contributed by atoms with Gasteiger partial charge in [-0.2, -0.15) is 0 Å². The summed E-state index contributed by atoms with van der Waals surface area (Å²) in [4.78, 5) is 11.3. The molecule has 0 aliphatic heterocycles. The van der Waals surface area contributed by atoms with E-state index >= 15 is 0 Å². The molecule has 0 spiro atoms. The second kappa shape index (κ2) is 6.69. The quantitative estimate of drug-likeness (QED) is 0.264. The number of amidine groups is 1. The van der Waals surface area contributed by atoms with Gasteiger partial charge in [0.2, 0.25) is 5.91 Å². The molecule has 0 fully saturated rings. The van der Waals surface area contributed by atoms with Gasteiger partial charge in [-0.3, -0.25) is 4.79 Å². The molecular weight excluding hydrogens is 251 g/mol. The van der Waals surface area contributed by atoms with Crippen LogP contribution < -0.4 is 16.4 Å². The molecule has 1 aromatic rings. The van der Waals surface area contributed by atoms with Crippen molar-refractivity contribution >= 4 is 11.7 Å². The fourth-order valence-electron chi connectivity index (χ4n) is 1.54. The molecule has 5 N–H and O–H groups in total. The number of carbonyl (C=O) groups excluding carboxylic acids is 1. The Kier molecular flexibility index (Phi) is 5.25. The number of benzene rings is 1. The Bertz CT molecular complexity index is 491. The molecule has 0 aliphatic rings. The molecule has 7 heteroatoms. The van der Waals surface area contributed by atoms with Crippen LogP contribution in [0.25, 0.3) is 0 Å². The Hall–Kier alpha value is -2.15. The SMILES string of the molecule is CNC(=O)C(C)NCc1cc(F)cc(/C(N)=N/O)c1. The molecule has 0 bridgehead atoms. The number of nitrogens with one attached hydrogen (secondary N) is 2. The molecule has 0 saturated heterocycles. The standard InChI is InChI=1S/C12H17FN4O2/c1-7(12(18)15-2)16-6-8-3-9(11(14)17-19)5-10(13)4-8/h3-5,7,16,19H,6H2,1-2H3,(H2,14,17)(H,15,18). The van der Waals surface area contributed by atoms with Crippen molar-refractivity contribution in [3.63, 3.8) is 0 Å². The topological polar surface area (TPSA) is 99.7 Å². The Morgan fingerprint density at radius 1 is 1.53 bits per heavy atom. The van der Waals surface area contributed by atoms with E-state index in [1.54, 1.807) is 20.0 Å². The van der Waals surface area contributed by atoms with Crippen molar-refractivity contribution in [2.24, 2.45) is 10.9 Å². The van der Waals surface area contributed by atoms with Crippen molar-refractivity contribution in [2.75, 3.05) is 7.05 Å². The zero-order valence-electron chi connectivity index (χ0n) is 10.8. The third-order valence-corrected chi connectivity index (χ3v) is 2.61. The molecule has 1 amide bonds. The number of likely N-dealkylation sites (N-methyl/N-ethyl adjacent to an activating group) is 1. The highest BCUT2D eigenvalue weighted by atomic mass is 19.1. The van der Waals surface area contributed by atoms with Crippen molar-refractivity contribution in [1.82, 2.24) is 10.6 Å². The number of rotatable bonds is 5. The summed E-state index contributed by atoms with van der Waals surface area (Å²) in [5.41, 5.74) is 6.29. The minimum Gasteiger partial charge on any atom is -0.409 e. The molecule has 19 heavy (non-hydrogen) atoms. The molecule has 1 aromatic carbocycles. The molecule has 1 rings (SSSR count). The summed E-state index contributed by atoms with van der Waals surface area (Å²) in [6, 6.07) is 3.67. The van der Waals surface area contributed by atoms with E-state index in [0.29, 0.717) is 5.56 Å². The predicted octanol–water partition coefficient (Wildman–Crippen LogP) is 0.144. The number of halogens is 1. The zero-order chi connectivity index (χ0) is 14.4. The van der Waals surface area contributed by atoms with E-state index < -0.39 is 11.9 Å². The van der Waals surface area contributed by atoms with Gasteiger partial charge in [0.1, 0.15) is 5.82 Å². The van der Waals surface area contributed by atoms with Crippen LogP contribution in [0.5, 0.6) is 0 Å². The summed E-state index contributed by atoms with van der Waals surface area (Å²) < 4.78 is 13.4. The predicted molar refractivity (Wildman–Crippen MR) is 69.3 cm³/mol. The number of hydrogen-bond acceptors (Lipinski definition) is 4. The van der Waals surface area contributed by atoms with Crippen molar-refractivity contribution in [3.05, 3.63) is 35.1 Å². The number of oxime groups is 1. The summed E-state index contributed by atoms with van der Waals surface area (Å²) in [6.45, 7) is 1.99. The highest BCUT2D eigenvalue weighted by Gasteiger charge is 2.11. The van der Waals surface area contributed by atoms with Crippen molar-refractivity contribution in [2.45, 2.75) is 19.5 Å². The molecule has 0 heterocycles. The van der Waals surface area contributed by atoms with E-state index in [0.717, 1.165) is 0 Å². The van der Waals surface area contributed by atoms with Gasteiger partial charge in [-0.15, -0.1) is 0 Å². The monoisotopic (exact) mass is 268 g/mol. The van der Waals surface area contributed by atoms with Gasteiger partial charge < -0.3 is 21.6 Å². The summed E-state index contributed by atoms with van der Waals surface area (Å²) in [5, 5.41) is 16.8. The first-order valence-electron chi connectivity index (χ1n) is 5.70. The van der Waals surface area contributed by atoms with Gasteiger partial charge in [0.15, 0.2) is 5.84 Å². The first kappa shape index (κ1) is 14.9. The minimum absolute atomic E-state index is 0.159. The Labute approximate surface area is 110 Å². The van der Waals surface area contributed by atoms with Crippen LogP contribution in [0.2, 0.25) is 0 Å². The van der Waals surface area contributed by atoms with Gasteiger partial charge >= 0.3 is 0 Å². The Morgan fingerprint density at radius 3 is 2.79 bits per heavy atom. The number of nitrogens with two attached hydrogens (primary N) is 1. The third-order valence-electron chi connectivity index (χ3n) is 2.61. The fraction of sp³-hybridized carbons (Fsp3) is 0.333. The molecular formula is C12H17FN4O2. The van der Waals surface area contributed by atoms with Gasteiger partial charge in [-0.05, 0) is 30.7 Å². The van der Waals surface area contributed by atoms with E-state index in [1.165, 1.54) is 12.1 Å². The first-order chi connectivity index (χ1) is 8.97. The van der Waals surface area contributed by atoms with Crippen LogP contribution in [0.15, 0.2) is 23.4 Å². The Balaban J connectivity index is 2.79. The number of hydrogen-bond donors (Lipinski definition) is 4. The molecule has 1 atom stereocenters. The second-order valence-electron chi connectivity index (χ2n) is 4.05. The van der Waals surface area contributed by atoms with Gasteiger partial charge in [-0.1, -0.05) is 5.16 Å². The first-order valence-corrected chi connectivity index (χ1v) is 5.70. The van der Waals surface area contributed by atoms with Gasteiger partial charge in [-0.25, -0.2) is 4.39 Å². The lowest BCUT2D eigenvalue weighted by atomic mass is 10.1. The van der Waals surface area contributed by atoms with E-state index in [-0.39, 0.29) is 23.9 Å². The summed E-state index contributed by atoms with van der Waals surface area (Å²) in [5.74, 6) is -0.818. The molecule has 0 saturated carbocycles. The van der Waals surface area contributed by atoms with Crippen molar-refractivity contribution < 1.29 is 14.4 Å². The lowest BCUT2D eigenvalue weighted by Gasteiger charge is -2.12. The average molecular weight is 268 g/mol. The summed E-state index contributed by atoms with van der Waals surface area (Å²) in [7, 11) is 1.54. The Morgan fingerprint density at radius 2 is 2.21 bits per heavy atom. The van der Waals surface area contributed by atoms with Crippen molar-refractivity contribution in [3.8, 4) is 0 Å². The highest BCUT2D eigenvalue weighted by Crippen LogP contribution is 2.09. The fourth-order valence-corrected chi connectivity index (χ4v) is 1.54. The summed E-state index contributed by atoms with van der Waals surface area (Å²) in [6.07, 6.45) is 0. The van der Waals surface area contributed by atoms with Gasteiger partial charge in [0.25, 0.3) is 0 Å². The molecule has 1 unspecified atom stereocenters. The lowest BCUT2D eigenvalue weighted by Crippen LogP contribution is -2.40. The van der Waals surface area contributed by atoms with Gasteiger partial charge in [0.05, 0.1) is 6.04 Å². The molecule has 0 radical (unpaired) electrons. The van der Waals surface area contributed by atoms with Crippen LogP contribution >= 0.6 is 0 Å². The highest BCUT2D eigenvalue weighted by molar-refractivity contribution is 5.97. The largest absolute Gasteiger partial charge is 0.409 e. The molecule has 104 valence electrons. The maximum absolute atomic E-state index is 13.4. The van der Waals surface area contributed by atoms with Crippen LogP contribution in [0, 0.1) is 5.82 Å². The van der Waals surface area contributed by atoms with E-state index in [4.69, 9.17) is 10.9 Å². The third kappa shape index (κ3) is 4.22. The normalized spacial score (nSPS) is 13.1. The molecule has 0 aliphatic carbocycles. The smallest absolute Gasteiger partial charge is 0.236 e. The maximum Gasteiger partial charge on any atom is 0.236 e. The molecule has 6 nitrogen and oxygen atoms in total. The number of nitrogens with zero attached hydrogens (tertiary/aromatic N) is 1. The van der Waals surface area contributed by atoms with Crippen LogP contribution in [0.3, 0.4) is 0 Å². The van der Waals surface area contributed by atoms with Gasteiger partial charge in [0, 0.05) is 19.2 Å². The van der Waals surface area contributed by atoms with E-state index in [2.05, 4.69) is 15.8 Å². The van der Waals surface area contributed by atoms with E-state index in [1.807, 2.05) is 0 Å². The maximum atomic E-state index is 13.4. The second-order valence-corrected chi connectivity index (χ2v) is 4.05. The van der Waals surface area contributed by atoms with Crippen LogP contribution in [-0.4, -0.2) is 30.0 Å². The summed E-state index contributed by atoms with van der Waals surface area (Å²) >= 11 is 0.